The van der Waals surface area contributed by atoms with Crippen molar-refractivity contribution < 1.29 is 17.6 Å². The maximum Gasteiger partial charge on any atom is 0.401 e. The van der Waals surface area contributed by atoms with E-state index < -0.39 is 12.7 Å². The number of hydrogen-bond acceptors (Lipinski definition) is 3. The summed E-state index contributed by atoms with van der Waals surface area (Å²) < 4.78 is 42.4. The number of hydrogen-bond donors (Lipinski definition) is 1. The zero-order chi connectivity index (χ0) is 15.3. The molecule has 1 aromatic heterocycles. The van der Waals surface area contributed by atoms with Crippen molar-refractivity contribution >= 4 is 0 Å². The topological polar surface area (TPSA) is 28.4 Å². The fraction of sp³-hybridized carbons (Fsp3) is 0.714. The van der Waals surface area contributed by atoms with Gasteiger partial charge in [0.1, 0.15) is 11.5 Å². The van der Waals surface area contributed by atoms with Crippen LogP contribution in [0, 0.1) is 12.8 Å². The molecule has 0 radical (unpaired) electrons. The Morgan fingerprint density at radius 2 is 2.00 bits per heavy atom. The summed E-state index contributed by atoms with van der Waals surface area (Å²) in [6, 6.07) is 1.83. The largest absolute Gasteiger partial charge is 0.465 e. The molecule has 0 atom stereocenters. The Labute approximate surface area is 118 Å². The Hall–Kier alpha value is -1.01. The highest BCUT2D eigenvalue weighted by Gasteiger charge is 2.29. The molecule has 0 unspecified atom stereocenters. The van der Waals surface area contributed by atoms with E-state index in [1.54, 1.807) is 6.92 Å². The smallest absolute Gasteiger partial charge is 0.401 e. The predicted octanol–water partition coefficient (Wildman–Crippen LogP) is 3.33. The minimum atomic E-state index is -4.17. The molecule has 0 aromatic carbocycles. The van der Waals surface area contributed by atoms with Gasteiger partial charge in [0.15, 0.2) is 0 Å². The van der Waals surface area contributed by atoms with E-state index in [4.69, 9.17) is 4.42 Å². The van der Waals surface area contributed by atoms with E-state index in [9.17, 15) is 13.2 Å². The van der Waals surface area contributed by atoms with Gasteiger partial charge in [-0.3, -0.25) is 4.90 Å². The van der Waals surface area contributed by atoms with Crippen LogP contribution < -0.4 is 5.32 Å². The van der Waals surface area contributed by atoms with Crippen LogP contribution in [0.5, 0.6) is 0 Å². The van der Waals surface area contributed by atoms with Gasteiger partial charge in [0.25, 0.3) is 0 Å². The maximum atomic E-state index is 12.3. The van der Waals surface area contributed by atoms with Crippen LogP contribution in [0.25, 0.3) is 0 Å². The molecule has 0 bridgehead atoms. The Morgan fingerprint density at radius 3 is 2.55 bits per heavy atom. The first-order valence-electron chi connectivity index (χ1n) is 6.71. The summed E-state index contributed by atoms with van der Waals surface area (Å²) in [6.45, 7) is 6.79. The zero-order valence-electron chi connectivity index (χ0n) is 12.5. The van der Waals surface area contributed by atoms with Gasteiger partial charge in [-0.15, -0.1) is 0 Å². The average molecular weight is 292 g/mol. The van der Waals surface area contributed by atoms with Gasteiger partial charge in [0, 0.05) is 12.1 Å². The lowest BCUT2D eigenvalue weighted by Crippen LogP contribution is -2.30. The zero-order valence-corrected chi connectivity index (χ0v) is 12.5. The maximum absolute atomic E-state index is 12.3. The lowest BCUT2D eigenvalue weighted by Gasteiger charge is -2.17. The normalized spacial score (nSPS) is 12.7. The second-order valence-electron chi connectivity index (χ2n) is 5.61. The Kier molecular flexibility index (Phi) is 6.07. The number of aryl methyl sites for hydroxylation is 1. The number of halogens is 3. The minimum absolute atomic E-state index is 0.235. The highest BCUT2D eigenvalue weighted by Crippen LogP contribution is 2.20. The third kappa shape index (κ3) is 6.43. The van der Waals surface area contributed by atoms with Crippen LogP contribution in [0.2, 0.25) is 0 Å². The first-order valence-corrected chi connectivity index (χ1v) is 6.71. The van der Waals surface area contributed by atoms with Crippen LogP contribution in [-0.4, -0.2) is 31.2 Å². The van der Waals surface area contributed by atoms with E-state index >= 15 is 0 Å². The van der Waals surface area contributed by atoms with Gasteiger partial charge >= 0.3 is 6.18 Å². The SMILES string of the molecule is Cc1oc(CNCC(C)C)cc1CN(C)CC(F)(F)F. The highest BCUT2D eigenvalue weighted by molar-refractivity contribution is 5.20. The van der Waals surface area contributed by atoms with E-state index in [0.29, 0.717) is 18.2 Å². The summed E-state index contributed by atoms with van der Waals surface area (Å²) in [4.78, 5) is 1.24. The van der Waals surface area contributed by atoms with Crippen molar-refractivity contribution in [3.8, 4) is 0 Å². The lowest BCUT2D eigenvalue weighted by atomic mass is 10.2. The average Bonchev–Trinajstić information content (AvgIpc) is 2.55. The molecule has 1 aromatic rings. The van der Waals surface area contributed by atoms with Gasteiger partial charge in [-0.2, -0.15) is 13.2 Å². The quantitative estimate of drug-likeness (QED) is 0.835. The fourth-order valence-corrected chi connectivity index (χ4v) is 1.97. The Morgan fingerprint density at radius 1 is 1.35 bits per heavy atom. The molecule has 0 aliphatic rings. The molecule has 0 saturated heterocycles. The van der Waals surface area contributed by atoms with Crippen molar-refractivity contribution in [2.24, 2.45) is 5.92 Å². The van der Waals surface area contributed by atoms with Crippen molar-refractivity contribution in [1.82, 2.24) is 10.2 Å². The lowest BCUT2D eigenvalue weighted by molar-refractivity contribution is -0.144. The summed E-state index contributed by atoms with van der Waals surface area (Å²) in [7, 11) is 1.45. The molecule has 1 N–H and O–H groups in total. The molecule has 0 saturated carbocycles. The molecule has 0 spiro atoms. The van der Waals surface area contributed by atoms with Crippen LogP contribution in [-0.2, 0) is 13.1 Å². The molecular weight excluding hydrogens is 269 g/mol. The summed E-state index contributed by atoms with van der Waals surface area (Å²) >= 11 is 0. The minimum Gasteiger partial charge on any atom is -0.465 e. The summed E-state index contributed by atoms with van der Waals surface area (Å²) in [5, 5.41) is 3.25. The van der Waals surface area contributed by atoms with Gasteiger partial charge in [-0.05, 0) is 32.5 Å². The van der Waals surface area contributed by atoms with Crippen LogP contribution in [0.4, 0.5) is 13.2 Å². The van der Waals surface area contributed by atoms with Gasteiger partial charge in [-0.1, -0.05) is 13.8 Å². The van der Waals surface area contributed by atoms with E-state index in [1.165, 1.54) is 11.9 Å². The van der Waals surface area contributed by atoms with Crippen molar-refractivity contribution in [3.05, 3.63) is 23.2 Å². The van der Waals surface area contributed by atoms with Crippen LogP contribution >= 0.6 is 0 Å². The molecule has 0 aliphatic carbocycles. The Balaban J connectivity index is 2.52. The molecule has 0 fully saturated rings. The monoisotopic (exact) mass is 292 g/mol. The molecule has 1 heterocycles. The van der Waals surface area contributed by atoms with Crippen molar-refractivity contribution in [2.45, 2.75) is 40.0 Å². The molecule has 1 rings (SSSR count). The highest BCUT2D eigenvalue weighted by atomic mass is 19.4. The standard InChI is InChI=1S/C14H23F3N2O/c1-10(2)6-18-7-13-5-12(11(3)20-13)8-19(4)9-14(15,16)17/h5,10,18H,6-9H2,1-4H3. The van der Waals surface area contributed by atoms with E-state index in [-0.39, 0.29) is 6.54 Å². The molecule has 116 valence electrons. The summed E-state index contributed by atoms with van der Waals surface area (Å²) in [5.41, 5.74) is 0.804. The first kappa shape index (κ1) is 17.0. The molecule has 0 amide bonds. The number of rotatable bonds is 7. The molecule has 6 heteroatoms. The van der Waals surface area contributed by atoms with Gasteiger partial charge in [0.2, 0.25) is 0 Å². The number of nitrogens with zero attached hydrogens (tertiary/aromatic N) is 1. The first-order chi connectivity index (χ1) is 9.17. The van der Waals surface area contributed by atoms with E-state index in [1.807, 2.05) is 6.07 Å². The Bertz CT molecular complexity index is 413. The fourth-order valence-electron chi connectivity index (χ4n) is 1.97. The third-order valence-corrected chi connectivity index (χ3v) is 2.81. The van der Waals surface area contributed by atoms with Crippen LogP contribution in [0.1, 0.15) is 30.9 Å². The summed E-state index contributed by atoms with van der Waals surface area (Å²) in [6.07, 6.45) is -4.17. The second kappa shape index (κ2) is 7.13. The van der Waals surface area contributed by atoms with Crippen molar-refractivity contribution in [3.63, 3.8) is 0 Å². The second-order valence-corrected chi connectivity index (χ2v) is 5.61. The molecule has 20 heavy (non-hydrogen) atoms. The molecular formula is C14H23F3N2O. The molecule has 0 aliphatic heterocycles. The predicted molar refractivity (Wildman–Crippen MR) is 72.4 cm³/mol. The van der Waals surface area contributed by atoms with Crippen LogP contribution in [0.15, 0.2) is 10.5 Å². The van der Waals surface area contributed by atoms with Gasteiger partial charge in [0.05, 0.1) is 13.1 Å². The van der Waals surface area contributed by atoms with Gasteiger partial charge in [-0.25, -0.2) is 0 Å². The van der Waals surface area contributed by atoms with E-state index in [2.05, 4.69) is 19.2 Å². The van der Waals surface area contributed by atoms with Crippen LogP contribution in [0.3, 0.4) is 0 Å². The molecule has 3 nitrogen and oxygen atoms in total. The van der Waals surface area contributed by atoms with Crippen molar-refractivity contribution in [1.29, 1.82) is 0 Å². The third-order valence-electron chi connectivity index (χ3n) is 2.81. The van der Waals surface area contributed by atoms with Gasteiger partial charge < -0.3 is 9.73 Å². The number of furan rings is 1. The number of alkyl halides is 3. The van der Waals surface area contributed by atoms with Crippen molar-refractivity contribution in [2.75, 3.05) is 20.1 Å². The van der Waals surface area contributed by atoms with E-state index in [0.717, 1.165) is 17.9 Å². The number of nitrogens with one attached hydrogen (secondary N) is 1. The summed E-state index contributed by atoms with van der Waals surface area (Å²) in [5.74, 6) is 1.99.